The topological polar surface area (TPSA) is 78.0 Å². The summed E-state index contributed by atoms with van der Waals surface area (Å²) in [5.41, 5.74) is 2.29. The standard InChI is InChI=1S/C17H22N6O/c1-12-20-14-4-3-13(11-15(14)21-12)16(24)22-7-9-23(10-8-22)17-18-5-2-6-19-17/h2,5-6,13H,3-4,7-11H2,1H3,(H,20,21)/t13-/m1/s1. The van der Waals surface area contributed by atoms with Crippen LogP contribution in [0, 0.1) is 12.8 Å². The summed E-state index contributed by atoms with van der Waals surface area (Å²) in [6.45, 7) is 5.03. The highest BCUT2D eigenvalue weighted by molar-refractivity contribution is 5.79. The number of imidazole rings is 1. The second-order valence-electron chi connectivity index (χ2n) is 6.55. The van der Waals surface area contributed by atoms with Crippen LogP contribution in [-0.4, -0.2) is 56.9 Å². The van der Waals surface area contributed by atoms with Crippen LogP contribution < -0.4 is 4.90 Å². The van der Waals surface area contributed by atoms with E-state index in [-0.39, 0.29) is 11.8 Å². The number of hydrogen-bond donors (Lipinski definition) is 1. The van der Waals surface area contributed by atoms with Gasteiger partial charge in [0.2, 0.25) is 11.9 Å². The lowest BCUT2D eigenvalue weighted by Gasteiger charge is -2.37. The Kier molecular flexibility index (Phi) is 3.92. The second-order valence-corrected chi connectivity index (χ2v) is 6.55. The molecule has 1 N–H and O–H groups in total. The van der Waals surface area contributed by atoms with Gasteiger partial charge in [0.15, 0.2) is 0 Å². The number of nitrogens with zero attached hydrogens (tertiary/aromatic N) is 5. The van der Waals surface area contributed by atoms with Gasteiger partial charge < -0.3 is 14.8 Å². The van der Waals surface area contributed by atoms with E-state index in [0.717, 1.165) is 68.6 Å². The van der Waals surface area contributed by atoms with Crippen LogP contribution in [0.2, 0.25) is 0 Å². The molecule has 0 aromatic carbocycles. The summed E-state index contributed by atoms with van der Waals surface area (Å²) in [5.74, 6) is 2.06. The summed E-state index contributed by atoms with van der Waals surface area (Å²) >= 11 is 0. The number of amides is 1. The van der Waals surface area contributed by atoms with Crippen LogP contribution in [0.3, 0.4) is 0 Å². The average Bonchev–Trinajstić information content (AvgIpc) is 3.01. The Hall–Kier alpha value is -2.44. The van der Waals surface area contributed by atoms with Gasteiger partial charge in [0.25, 0.3) is 0 Å². The van der Waals surface area contributed by atoms with Crippen LogP contribution >= 0.6 is 0 Å². The van der Waals surface area contributed by atoms with E-state index in [1.54, 1.807) is 12.4 Å². The van der Waals surface area contributed by atoms with Crippen molar-refractivity contribution in [1.29, 1.82) is 0 Å². The number of aryl methyl sites for hydroxylation is 2. The van der Waals surface area contributed by atoms with Crippen LogP contribution in [-0.2, 0) is 17.6 Å². The first-order valence-electron chi connectivity index (χ1n) is 8.56. The Morgan fingerprint density at radius 1 is 1.21 bits per heavy atom. The van der Waals surface area contributed by atoms with Gasteiger partial charge in [-0.05, 0) is 25.8 Å². The van der Waals surface area contributed by atoms with Gasteiger partial charge in [-0.3, -0.25) is 4.79 Å². The Balaban J connectivity index is 1.37. The highest BCUT2D eigenvalue weighted by Crippen LogP contribution is 2.26. The summed E-state index contributed by atoms with van der Waals surface area (Å²) in [5, 5.41) is 0. The van der Waals surface area contributed by atoms with E-state index in [4.69, 9.17) is 0 Å². The summed E-state index contributed by atoms with van der Waals surface area (Å²) < 4.78 is 0. The van der Waals surface area contributed by atoms with Crippen molar-refractivity contribution in [2.45, 2.75) is 26.2 Å². The van der Waals surface area contributed by atoms with Gasteiger partial charge in [-0.25, -0.2) is 15.0 Å². The smallest absolute Gasteiger partial charge is 0.226 e. The van der Waals surface area contributed by atoms with Gasteiger partial charge in [0, 0.05) is 56.6 Å². The highest BCUT2D eigenvalue weighted by atomic mass is 16.2. The number of carbonyl (C=O) groups excluding carboxylic acids is 1. The fraction of sp³-hybridized carbons (Fsp3) is 0.529. The van der Waals surface area contributed by atoms with Crippen molar-refractivity contribution in [2.24, 2.45) is 5.92 Å². The van der Waals surface area contributed by atoms with E-state index >= 15 is 0 Å². The zero-order valence-electron chi connectivity index (χ0n) is 13.9. The number of carbonyl (C=O) groups is 1. The maximum Gasteiger partial charge on any atom is 0.226 e. The van der Waals surface area contributed by atoms with Crippen LogP contribution in [0.1, 0.15) is 23.6 Å². The number of hydrogen-bond acceptors (Lipinski definition) is 5. The first kappa shape index (κ1) is 15.1. The molecule has 0 spiro atoms. The van der Waals surface area contributed by atoms with Crippen molar-refractivity contribution < 1.29 is 4.79 Å². The third-order valence-electron chi connectivity index (χ3n) is 4.94. The van der Waals surface area contributed by atoms with Gasteiger partial charge in [0.1, 0.15) is 5.82 Å². The van der Waals surface area contributed by atoms with Crippen LogP contribution in [0.4, 0.5) is 5.95 Å². The number of piperazine rings is 1. The molecule has 0 saturated carbocycles. The molecule has 2 aromatic rings. The number of fused-ring (bicyclic) bond motifs is 1. The summed E-state index contributed by atoms with van der Waals surface area (Å²) in [6, 6.07) is 1.82. The number of nitrogens with one attached hydrogen (secondary N) is 1. The third kappa shape index (κ3) is 2.86. The molecule has 1 fully saturated rings. The number of rotatable bonds is 2. The molecule has 7 heteroatoms. The fourth-order valence-corrected chi connectivity index (χ4v) is 3.67. The van der Waals surface area contributed by atoms with Crippen molar-refractivity contribution >= 4 is 11.9 Å². The Morgan fingerprint density at radius 3 is 2.71 bits per heavy atom. The molecular formula is C17H22N6O. The van der Waals surface area contributed by atoms with E-state index < -0.39 is 0 Å². The Morgan fingerprint density at radius 2 is 1.96 bits per heavy atom. The fourth-order valence-electron chi connectivity index (χ4n) is 3.67. The van der Waals surface area contributed by atoms with E-state index in [0.29, 0.717) is 0 Å². The average molecular weight is 326 g/mol. The van der Waals surface area contributed by atoms with E-state index in [2.05, 4.69) is 24.8 Å². The molecule has 1 aliphatic heterocycles. The minimum atomic E-state index is 0.0804. The minimum Gasteiger partial charge on any atom is -0.346 e. The predicted molar refractivity (Wildman–Crippen MR) is 89.7 cm³/mol. The lowest BCUT2D eigenvalue weighted by Crippen LogP contribution is -2.51. The molecule has 1 atom stereocenters. The lowest BCUT2D eigenvalue weighted by molar-refractivity contribution is -0.136. The Bertz CT molecular complexity index is 720. The molecule has 4 rings (SSSR count). The number of anilines is 1. The van der Waals surface area contributed by atoms with E-state index in [1.807, 2.05) is 17.9 Å². The van der Waals surface area contributed by atoms with Crippen molar-refractivity contribution in [3.63, 3.8) is 0 Å². The molecule has 0 bridgehead atoms. The summed E-state index contributed by atoms with van der Waals surface area (Å²) in [4.78, 5) is 33.4. The quantitative estimate of drug-likeness (QED) is 0.889. The van der Waals surface area contributed by atoms with E-state index in [1.165, 1.54) is 0 Å². The molecule has 7 nitrogen and oxygen atoms in total. The van der Waals surface area contributed by atoms with Crippen molar-refractivity contribution in [3.8, 4) is 0 Å². The second kappa shape index (κ2) is 6.22. The number of aromatic amines is 1. The third-order valence-corrected chi connectivity index (χ3v) is 4.94. The van der Waals surface area contributed by atoms with Crippen LogP contribution in [0.5, 0.6) is 0 Å². The van der Waals surface area contributed by atoms with Gasteiger partial charge in [-0.15, -0.1) is 0 Å². The molecule has 1 amide bonds. The molecular weight excluding hydrogens is 304 g/mol. The highest BCUT2D eigenvalue weighted by Gasteiger charge is 2.31. The molecule has 3 heterocycles. The molecule has 1 saturated heterocycles. The molecule has 24 heavy (non-hydrogen) atoms. The Labute approximate surface area is 141 Å². The molecule has 2 aliphatic rings. The first-order chi connectivity index (χ1) is 11.7. The lowest BCUT2D eigenvalue weighted by atomic mass is 9.88. The zero-order chi connectivity index (χ0) is 16.5. The van der Waals surface area contributed by atoms with Crippen molar-refractivity contribution in [2.75, 3.05) is 31.1 Å². The predicted octanol–water partition coefficient (Wildman–Crippen LogP) is 0.962. The maximum atomic E-state index is 12.9. The van der Waals surface area contributed by atoms with Gasteiger partial charge >= 0.3 is 0 Å². The SMILES string of the molecule is Cc1nc2c([nH]1)C[C@H](C(=O)N1CCN(c3ncccn3)CC1)CC2. The normalized spacial score (nSPS) is 20.8. The van der Waals surface area contributed by atoms with Gasteiger partial charge in [-0.2, -0.15) is 0 Å². The summed E-state index contributed by atoms with van der Waals surface area (Å²) in [6.07, 6.45) is 6.10. The van der Waals surface area contributed by atoms with Crippen LogP contribution in [0.15, 0.2) is 18.5 Å². The summed E-state index contributed by atoms with van der Waals surface area (Å²) in [7, 11) is 0. The maximum absolute atomic E-state index is 12.9. The van der Waals surface area contributed by atoms with Gasteiger partial charge in [-0.1, -0.05) is 0 Å². The van der Waals surface area contributed by atoms with Crippen molar-refractivity contribution in [1.82, 2.24) is 24.8 Å². The van der Waals surface area contributed by atoms with Gasteiger partial charge in [0.05, 0.1) is 5.69 Å². The molecule has 2 aromatic heterocycles. The number of aromatic nitrogens is 4. The van der Waals surface area contributed by atoms with Crippen molar-refractivity contribution in [3.05, 3.63) is 35.7 Å². The largest absolute Gasteiger partial charge is 0.346 e. The molecule has 0 radical (unpaired) electrons. The minimum absolute atomic E-state index is 0.0804. The molecule has 0 unspecified atom stereocenters. The van der Waals surface area contributed by atoms with E-state index in [9.17, 15) is 4.79 Å². The molecule has 1 aliphatic carbocycles. The number of H-pyrrole nitrogens is 1. The monoisotopic (exact) mass is 326 g/mol. The van der Waals surface area contributed by atoms with Crippen LogP contribution in [0.25, 0.3) is 0 Å². The first-order valence-corrected chi connectivity index (χ1v) is 8.56. The molecule has 126 valence electrons. The zero-order valence-corrected chi connectivity index (χ0v) is 13.9.